The van der Waals surface area contributed by atoms with Crippen molar-refractivity contribution in [1.82, 2.24) is 0 Å². The van der Waals surface area contributed by atoms with Gasteiger partial charge in [-0.1, -0.05) is 22.0 Å². The summed E-state index contributed by atoms with van der Waals surface area (Å²) >= 11 is 4.91. The van der Waals surface area contributed by atoms with E-state index in [0.717, 1.165) is 14.9 Å². The van der Waals surface area contributed by atoms with Gasteiger partial charge in [-0.2, -0.15) is 5.26 Å². The van der Waals surface area contributed by atoms with Gasteiger partial charge in [-0.25, -0.2) is 4.39 Å². The van der Waals surface area contributed by atoms with E-state index in [-0.39, 0.29) is 0 Å². The van der Waals surface area contributed by atoms with Gasteiger partial charge in [-0.3, -0.25) is 0 Å². The second-order valence-electron chi connectivity index (χ2n) is 3.88. The minimum atomic E-state index is -0.396. The molecule has 0 aliphatic heterocycles. The molecular weight excluding hydrogens is 327 g/mol. The molecule has 2 N–H and O–H groups in total. The van der Waals surface area contributed by atoms with Crippen LogP contribution in [0.3, 0.4) is 0 Å². The molecule has 2 aromatic rings. The monoisotopic (exact) mass is 336 g/mol. The summed E-state index contributed by atoms with van der Waals surface area (Å²) in [6.45, 7) is 0. The smallest absolute Gasteiger partial charge is 0.124 e. The van der Waals surface area contributed by atoms with E-state index in [1.807, 2.05) is 24.3 Å². The van der Waals surface area contributed by atoms with Crippen LogP contribution in [0.25, 0.3) is 0 Å². The number of thioether (sulfide) groups is 1. The third kappa shape index (κ3) is 3.49. The maximum Gasteiger partial charge on any atom is 0.124 e. The zero-order valence-electron chi connectivity index (χ0n) is 9.86. The van der Waals surface area contributed by atoms with Crippen LogP contribution in [0, 0.1) is 17.1 Å². The molecule has 0 spiro atoms. The molecule has 0 radical (unpaired) electrons. The van der Waals surface area contributed by atoms with Crippen molar-refractivity contribution in [2.24, 2.45) is 0 Å². The van der Waals surface area contributed by atoms with Crippen molar-refractivity contribution in [2.45, 2.75) is 10.6 Å². The lowest BCUT2D eigenvalue weighted by atomic mass is 10.1. The zero-order valence-corrected chi connectivity index (χ0v) is 12.3. The van der Waals surface area contributed by atoms with Crippen LogP contribution >= 0.6 is 27.7 Å². The Bertz CT molecular complexity index is 652. The summed E-state index contributed by atoms with van der Waals surface area (Å²) in [5.41, 5.74) is 7.73. The normalized spacial score (nSPS) is 10.2. The molecule has 2 nitrogen and oxygen atoms in total. The Labute approximate surface area is 123 Å². The highest BCUT2D eigenvalue weighted by Gasteiger charge is 2.06. The van der Waals surface area contributed by atoms with Crippen LogP contribution < -0.4 is 5.73 Å². The Morgan fingerprint density at radius 2 is 2.05 bits per heavy atom. The number of benzene rings is 2. The fourth-order valence-corrected chi connectivity index (χ4v) is 3.09. The lowest BCUT2D eigenvalue weighted by Gasteiger charge is -2.07. The van der Waals surface area contributed by atoms with Gasteiger partial charge in [0.1, 0.15) is 5.82 Å². The first-order valence-corrected chi connectivity index (χ1v) is 7.24. The minimum absolute atomic E-state index is 0.362. The standard InChI is InChI=1S/C14H10BrFN2S/c15-11-2-4-13(18)14(6-11)19-8-9-1-3-12(16)5-10(9)7-17/h1-6H,8,18H2. The first-order chi connectivity index (χ1) is 9.10. The average Bonchev–Trinajstić information content (AvgIpc) is 2.40. The summed E-state index contributed by atoms with van der Waals surface area (Å²) in [6, 6.07) is 11.9. The fourth-order valence-electron chi connectivity index (χ4n) is 1.57. The molecule has 0 aliphatic carbocycles. The second kappa shape index (κ2) is 6.09. The number of halogens is 2. The maximum atomic E-state index is 13.0. The summed E-state index contributed by atoms with van der Waals surface area (Å²) in [4.78, 5) is 0.933. The van der Waals surface area contributed by atoms with Gasteiger partial charge in [0.2, 0.25) is 0 Å². The van der Waals surface area contributed by atoms with Crippen LogP contribution in [-0.4, -0.2) is 0 Å². The van der Waals surface area contributed by atoms with Gasteiger partial charge in [-0.05, 0) is 35.9 Å². The molecule has 0 atom stereocenters. The van der Waals surface area contributed by atoms with Crippen LogP contribution in [-0.2, 0) is 5.75 Å². The SMILES string of the molecule is N#Cc1cc(F)ccc1CSc1cc(Br)ccc1N. The molecule has 0 bridgehead atoms. The topological polar surface area (TPSA) is 49.8 Å². The Balaban J connectivity index is 2.19. The second-order valence-corrected chi connectivity index (χ2v) is 5.82. The largest absolute Gasteiger partial charge is 0.398 e. The molecule has 2 aromatic carbocycles. The lowest BCUT2D eigenvalue weighted by Crippen LogP contribution is -1.92. The molecule has 0 aliphatic rings. The average molecular weight is 337 g/mol. The third-order valence-corrected chi connectivity index (χ3v) is 4.16. The van der Waals surface area contributed by atoms with Crippen LogP contribution in [0.15, 0.2) is 45.8 Å². The number of nitrogens with two attached hydrogens (primary N) is 1. The number of hydrogen-bond donors (Lipinski definition) is 1. The number of nitrogen functional groups attached to an aromatic ring is 1. The van der Waals surface area contributed by atoms with E-state index in [1.54, 1.807) is 6.07 Å². The first kappa shape index (κ1) is 13.9. The Morgan fingerprint density at radius 3 is 2.79 bits per heavy atom. The molecule has 0 unspecified atom stereocenters. The summed E-state index contributed by atoms with van der Waals surface area (Å²) in [6.07, 6.45) is 0. The zero-order chi connectivity index (χ0) is 13.8. The van der Waals surface area contributed by atoms with Gasteiger partial charge < -0.3 is 5.73 Å². The molecule has 0 saturated carbocycles. The summed E-state index contributed by atoms with van der Waals surface area (Å²) in [5.74, 6) is 0.177. The van der Waals surface area contributed by atoms with Gasteiger partial charge in [0.25, 0.3) is 0 Å². The lowest BCUT2D eigenvalue weighted by molar-refractivity contribution is 0.627. The highest BCUT2D eigenvalue weighted by Crippen LogP contribution is 2.31. The first-order valence-electron chi connectivity index (χ1n) is 5.46. The Hall–Kier alpha value is -1.51. The van der Waals surface area contributed by atoms with Gasteiger partial charge in [0.15, 0.2) is 0 Å². The highest BCUT2D eigenvalue weighted by atomic mass is 79.9. The highest BCUT2D eigenvalue weighted by molar-refractivity contribution is 9.10. The predicted octanol–water partition coefficient (Wildman–Crippen LogP) is 4.33. The van der Waals surface area contributed by atoms with Crippen LogP contribution in [0.2, 0.25) is 0 Å². The predicted molar refractivity (Wildman–Crippen MR) is 79.2 cm³/mol. The quantitative estimate of drug-likeness (QED) is 0.670. The number of anilines is 1. The number of nitriles is 1. The van der Waals surface area contributed by atoms with E-state index in [4.69, 9.17) is 11.0 Å². The van der Waals surface area contributed by atoms with Crippen molar-refractivity contribution in [1.29, 1.82) is 5.26 Å². The number of rotatable bonds is 3. The fraction of sp³-hybridized carbons (Fsp3) is 0.0714. The molecule has 2 rings (SSSR count). The van der Waals surface area contributed by atoms with Crippen molar-refractivity contribution in [3.8, 4) is 6.07 Å². The summed E-state index contributed by atoms with van der Waals surface area (Å²) in [7, 11) is 0. The van der Waals surface area contributed by atoms with Crippen molar-refractivity contribution in [2.75, 3.05) is 5.73 Å². The molecule has 19 heavy (non-hydrogen) atoms. The van der Waals surface area contributed by atoms with Crippen LogP contribution in [0.1, 0.15) is 11.1 Å². The molecule has 0 saturated heterocycles. The van der Waals surface area contributed by atoms with Crippen LogP contribution in [0.5, 0.6) is 0 Å². The van der Waals surface area contributed by atoms with Crippen molar-refractivity contribution in [3.05, 3.63) is 57.8 Å². The van der Waals surface area contributed by atoms with E-state index in [9.17, 15) is 4.39 Å². The van der Waals surface area contributed by atoms with Gasteiger partial charge >= 0.3 is 0 Å². The molecule has 5 heteroatoms. The molecule has 0 fully saturated rings. The molecule has 0 heterocycles. The number of nitrogens with zero attached hydrogens (tertiary/aromatic N) is 1. The molecular formula is C14H10BrFN2S. The van der Waals surface area contributed by atoms with E-state index < -0.39 is 5.82 Å². The van der Waals surface area contributed by atoms with Crippen molar-refractivity contribution in [3.63, 3.8) is 0 Å². The van der Waals surface area contributed by atoms with Gasteiger partial charge in [0.05, 0.1) is 11.6 Å². The van der Waals surface area contributed by atoms with E-state index >= 15 is 0 Å². The van der Waals surface area contributed by atoms with E-state index in [0.29, 0.717) is 17.0 Å². The van der Waals surface area contributed by atoms with E-state index in [1.165, 1.54) is 23.9 Å². The Morgan fingerprint density at radius 1 is 1.26 bits per heavy atom. The Kier molecular flexibility index (Phi) is 4.46. The molecule has 96 valence electrons. The summed E-state index contributed by atoms with van der Waals surface area (Å²) < 4.78 is 14.0. The van der Waals surface area contributed by atoms with Gasteiger partial charge in [-0.15, -0.1) is 11.8 Å². The molecule has 0 aromatic heterocycles. The van der Waals surface area contributed by atoms with E-state index in [2.05, 4.69) is 15.9 Å². The minimum Gasteiger partial charge on any atom is -0.398 e. The summed E-state index contributed by atoms with van der Waals surface area (Å²) in [5, 5.41) is 8.98. The molecule has 0 amide bonds. The van der Waals surface area contributed by atoms with Gasteiger partial charge in [0, 0.05) is 20.8 Å². The maximum absolute atomic E-state index is 13.0. The van der Waals surface area contributed by atoms with Crippen molar-refractivity contribution < 1.29 is 4.39 Å². The third-order valence-electron chi connectivity index (χ3n) is 2.55. The van der Waals surface area contributed by atoms with Crippen molar-refractivity contribution >= 4 is 33.4 Å². The van der Waals surface area contributed by atoms with Crippen LogP contribution in [0.4, 0.5) is 10.1 Å². The number of hydrogen-bond acceptors (Lipinski definition) is 3.